The molecule has 1 aromatic rings. The minimum Gasteiger partial charge on any atom is -0.373 e. The number of aromatic nitrogens is 2. The third-order valence-corrected chi connectivity index (χ3v) is 1.80. The second-order valence-electron chi connectivity index (χ2n) is 4.72. The molecule has 1 aromatic heterocycles. The van der Waals surface area contributed by atoms with E-state index in [9.17, 15) is 4.79 Å². The van der Waals surface area contributed by atoms with Gasteiger partial charge in [-0.3, -0.25) is 4.79 Å². The molecule has 0 aliphatic carbocycles. The molecule has 1 N–H and O–H groups in total. The summed E-state index contributed by atoms with van der Waals surface area (Å²) < 4.78 is 0. The summed E-state index contributed by atoms with van der Waals surface area (Å²) in [5.74, 6) is 0. The number of anilines is 1. The maximum Gasteiger partial charge on any atom is 0.266 e. The summed E-state index contributed by atoms with van der Waals surface area (Å²) in [7, 11) is 1.96. The Morgan fingerprint density at radius 2 is 2.14 bits per heavy atom. The van der Waals surface area contributed by atoms with Gasteiger partial charge in [-0.2, -0.15) is 5.10 Å². The van der Waals surface area contributed by atoms with Gasteiger partial charge in [0.15, 0.2) is 0 Å². The van der Waals surface area contributed by atoms with Crippen molar-refractivity contribution in [2.24, 2.45) is 5.41 Å². The second kappa shape index (κ2) is 3.82. The fourth-order valence-electron chi connectivity index (χ4n) is 1.38. The van der Waals surface area contributed by atoms with Crippen molar-refractivity contribution in [1.29, 1.82) is 0 Å². The van der Waals surface area contributed by atoms with Gasteiger partial charge >= 0.3 is 0 Å². The van der Waals surface area contributed by atoms with Crippen LogP contribution in [0.5, 0.6) is 0 Å². The smallest absolute Gasteiger partial charge is 0.266 e. The van der Waals surface area contributed by atoms with Crippen LogP contribution < -0.4 is 10.5 Å². The van der Waals surface area contributed by atoms with E-state index in [1.54, 1.807) is 12.3 Å². The van der Waals surface area contributed by atoms with E-state index in [0.29, 0.717) is 0 Å². The largest absolute Gasteiger partial charge is 0.373 e. The van der Waals surface area contributed by atoms with Crippen LogP contribution in [0.25, 0.3) is 0 Å². The first-order valence-corrected chi connectivity index (χ1v) is 4.64. The summed E-state index contributed by atoms with van der Waals surface area (Å²) in [6, 6.07) is 1.55. The first-order chi connectivity index (χ1) is 6.38. The highest BCUT2D eigenvalue weighted by Gasteiger charge is 2.14. The Kier molecular flexibility index (Phi) is 2.93. The van der Waals surface area contributed by atoms with Crippen LogP contribution in [0.1, 0.15) is 20.8 Å². The number of aromatic amines is 1. The highest BCUT2D eigenvalue weighted by molar-refractivity contribution is 5.41. The molecule has 0 unspecified atom stereocenters. The molecular formula is C10H17N3O. The maximum atomic E-state index is 11.0. The van der Waals surface area contributed by atoms with Gasteiger partial charge in [0.2, 0.25) is 0 Å². The van der Waals surface area contributed by atoms with Gasteiger partial charge in [-0.25, -0.2) is 5.10 Å². The lowest BCUT2D eigenvalue weighted by atomic mass is 9.96. The Labute approximate surface area is 84.0 Å². The SMILES string of the molecule is CN(CC(C)(C)C)c1cn[nH]c(=O)c1. The Hall–Kier alpha value is -1.32. The van der Waals surface area contributed by atoms with Crippen LogP contribution in [-0.4, -0.2) is 23.8 Å². The topological polar surface area (TPSA) is 49.0 Å². The molecule has 0 spiro atoms. The van der Waals surface area contributed by atoms with Crippen LogP contribution >= 0.6 is 0 Å². The third kappa shape index (κ3) is 3.20. The van der Waals surface area contributed by atoms with E-state index < -0.39 is 0 Å². The number of nitrogens with zero attached hydrogens (tertiary/aromatic N) is 2. The van der Waals surface area contributed by atoms with E-state index in [-0.39, 0.29) is 11.0 Å². The summed E-state index contributed by atoms with van der Waals surface area (Å²) in [4.78, 5) is 13.0. The molecule has 14 heavy (non-hydrogen) atoms. The van der Waals surface area contributed by atoms with Crippen molar-refractivity contribution in [2.75, 3.05) is 18.5 Å². The standard InChI is InChI=1S/C10H17N3O/c1-10(2,3)7-13(4)8-5-9(14)12-11-6-8/h5-6H,7H2,1-4H3,(H,12,14). The molecule has 0 aliphatic rings. The molecule has 0 amide bonds. The van der Waals surface area contributed by atoms with Gasteiger partial charge in [-0.05, 0) is 5.41 Å². The Bertz CT molecular complexity index is 351. The molecule has 1 heterocycles. The first kappa shape index (κ1) is 10.8. The summed E-state index contributed by atoms with van der Waals surface area (Å²) in [6.45, 7) is 7.36. The minimum absolute atomic E-state index is 0.164. The fourth-order valence-corrected chi connectivity index (χ4v) is 1.38. The van der Waals surface area contributed by atoms with Gasteiger partial charge in [0.1, 0.15) is 0 Å². The Morgan fingerprint density at radius 1 is 1.50 bits per heavy atom. The molecule has 1 rings (SSSR count). The summed E-state index contributed by atoms with van der Waals surface area (Å²) in [6.07, 6.45) is 1.66. The van der Waals surface area contributed by atoms with Crippen molar-refractivity contribution in [3.63, 3.8) is 0 Å². The number of hydrogen-bond acceptors (Lipinski definition) is 3. The number of H-pyrrole nitrogens is 1. The molecule has 0 aromatic carbocycles. The molecule has 0 aliphatic heterocycles. The predicted octanol–water partition coefficient (Wildman–Crippen LogP) is 1.25. The minimum atomic E-state index is -0.164. The molecule has 0 bridgehead atoms. The first-order valence-electron chi connectivity index (χ1n) is 4.64. The van der Waals surface area contributed by atoms with Gasteiger partial charge in [0, 0.05) is 19.7 Å². The van der Waals surface area contributed by atoms with Crippen LogP contribution in [0.4, 0.5) is 5.69 Å². The average molecular weight is 195 g/mol. The number of nitrogens with one attached hydrogen (secondary N) is 1. The summed E-state index contributed by atoms with van der Waals surface area (Å²) in [5, 5.41) is 6.11. The van der Waals surface area contributed by atoms with Crippen molar-refractivity contribution < 1.29 is 0 Å². The third-order valence-electron chi connectivity index (χ3n) is 1.80. The van der Waals surface area contributed by atoms with Gasteiger partial charge in [-0.15, -0.1) is 0 Å². The molecule has 4 heteroatoms. The van der Waals surface area contributed by atoms with E-state index in [0.717, 1.165) is 12.2 Å². The summed E-state index contributed by atoms with van der Waals surface area (Å²) in [5.41, 5.74) is 0.893. The molecule has 0 atom stereocenters. The van der Waals surface area contributed by atoms with Crippen molar-refractivity contribution >= 4 is 5.69 Å². The molecule has 4 nitrogen and oxygen atoms in total. The van der Waals surface area contributed by atoms with E-state index in [4.69, 9.17) is 0 Å². The van der Waals surface area contributed by atoms with Crippen molar-refractivity contribution in [3.05, 3.63) is 22.6 Å². The highest BCUT2D eigenvalue weighted by Crippen LogP contribution is 2.17. The van der Waals surface area contributed by atoms with Gasteiger partial charge in [-0.1, -0.05) is 20.8 Å². The van der Waals surface area contributed by atoms with Crippen LogP contribution in [-0.2, 0) is 0 Å². The zero-order valence-electron chi connectivity index (χ0n) is 9.16. The van der Waals surface area contributed by atoms with Crippen molar-refractivity contribution in [2.45, 2.75) is 20.8 Å². The molecule has 0 saturated carbocycles. The normalized spacial score (nSPS) is 11.4. The van der Waals surface area contributed by atoms with Crippen molar-refractivity contribution in [3.8, 4) is 0 Å². The lowest BCUT2D eigenvalue weighted by molar-refractivity contribution is 0.418. The van der Waals surface area contributed by atoms with Crippen LogP contribution in [0.3, 0.4) is 0 Å². The Morgan fingerprint density at radius 3 is 2.64 bits per heavy atom. The van der Waals surface area contributed by atoms with Crippen LogP contribution in [0.15, 0.2) is 17.1 Å². The van der Waals surface area contributed by atoms with Crippen molar-refractivity contribution in [1.82, 2.24) is 10.2 Å². The zero-order chi connectivity index (χ0) is 10.8. The highest BCUT2D eigenvalue weighted by atomic mass is 16.1. The average Bonchev–Trinajstić information content (AvgIpc) is 2.01. The van der Waals surface area contributed by atoms with Crippen LogP contribution in [0.2, 0.25) is 0 Å². The molecule has 0 saturated heterocycles. The van der Waals surface area contributed by atoms with E-state index in [1.165, 1.54) is 0 Å². The lowest BCUT2D eigenvalue weighted by Gasteiger charge is -2.27. The molecule has 0 fully saturated rings. The second-order valence-corrected chi connectivity index (χ2v) is 4.72. The molecule has 78 valence electrons. The monoisotopic (exact) mass is 195 g/mol. The van der Waals surface area contributed by atoms with E-state index >= 15 is 0 Å². The lowest BCUT2D eigenvalue weighted by Crippen LogP contribution is -2.30. The fraction of sp³-hybridized carbons (Fsp3) is 0.600. The quantitative estimate of drug-likeness (QED) is 0.772. The maximum absolute atomic E-state index is 11.0. The molecular weight excluding hydrogens is 178 g/mol. The van der Waals surface area contributed by atoms with E-state index in [1.807, 2.05) is 11.9 Å². The summed E-state index contributed by atoms with van der Waals surface area (Å²) >= 11 is 0. The van der Waals surface area contributed by atoms with E-state index in [2.05, 4.69) is 31.0 Å². The Balaban J connectivity index is 2.80. The van der Waals surface area contributed by atoms with Crippen LogP contribution in [0, 0.1) is 5.41 Å². The predicted molar refractivity (Wildman–Crippen MR) is 57.6 cm³/mol. The molecule has 0 radical (unpaired) electrons. The number of rotatable bonds is 2. The zero-order valence-corrected chi connectivity index (χ0v) is 9.16. The van der Waals surface area contributed by atoms with Gasteiger partial charge < -0.3 is 4.90 Å². The number of hydrogen-bond donors (Lipinski definition) is 1. The van der Waals surface area contributed by atoms with Gasteiger partial charge in [0.25, 0.3) is 5.56 Å². The van der Waals surface area contributed by atoms with Gasteiger partial charge in [0.05, 0.1) is 11.9 Å².